The molecule has 3 rings (SSSR count). The van der Waals surface area contributed by atoms with Crippen molar-refractivity contribution < 1.29 is 19.1 Å². The summed E-state index contributed by atoms with van der Waals surface area (Å²) in [4.78, 5) is 38.2. The lowest BCUT2D eigenvalue weighted by Crippen LogP contribution is -2.46. The lowest BCUT2D eigenvalue weighted by molar-refractivity contribution is -0.145. The molecule has 1 aromatic rings. The number of rotatable bonds is 5. The van der Waals surface area contributed by atoms with E-state index in [0.29, 0.717) is 36.4 Å². The quantitative estimate of drug-likeness (QED) is 0.838. The van der Waals surface area contributed by atoms with Crippen LogP contribution in [-0.4, -0.2) is 35.3 Å². The fourth-order valence-electron chi connectivity index (χ4n) is 3.19. The fraction of sp³-hybridized carbons (Fsp3) is 0.500. The van der Waals surface area contributed by atoms with Gasteiger partial charge in [0.1, 0.15) is 6.04 Å². The summed E-state index contributed by atoms with van der Waals surface area (Å²) in [7, 11) is 0. The number of carbonyl (C=O) groups excluding carboxylic acids is 3. The molecule has 0 aliphatic carbocycles. The molecule has 0 saturated carbocycles. The van der Waals surface area contributed by atoms with Gasteiger partial charge in [-0.3, -0.25) is 14.5 Å². The number of benzene rings is 1. The summed E-state index contributed by atoms with van der Waals surface area (Å²) in [5.74, 6) is -0.293. The Morgan fingerprint density at radius 3 is 2.83 bits per heavy atom. The largest absolute Gasteiger partial charge is 0.433 e. The summed E-state index contributed by atoms with van der Waals surface area (Å²) < 4.78 is 5.40. The first kappa shape index (κ1) is 16.5. The van der Waals surface area contributed by atoms with E-state index in [9.17, 15) is 14.4 Å². The minimum Gasteiger partial charge on any atom is -0.433 e. The van der Waals surface area contributed by atoms with Crippen molar-refractivity contribution >= 4 is 17.8 Å². The molecule has 24 heavy (non-hydrogen) atoms. The molecule has 6 nitrogen and oxygen atoms in total. The summed E-state index contributed by atoms with van der Waals surface area (Å²) in [5, 5.41) is 2.89. The standard InChI is InChI=1S/C18H22N2O4/c1-11(2)9-10-19-16(22)14-7-8-15(21)20(14)17-12-5-3-4-6-13(12)18(23)24-17/h3-6,11,14,17H,7-10H2,1-2H3,(H,19,22)/t14-,17-/m0/s1. The van der Waals surface area contributed by atoms with Crippen molar-refractivity contribution in [3.8, 4) is 0 Å². The van der Waals surface area contributed by atoms with E-state index in [1.807, 2.05) is 0 Å². The van der Waals surface area contributed by atoms with Crippen LogP contribution in [0.4, 0.5) is 0 Å². The lowest BCUT2D eigenvalue weighted by Gasteiger charge is -2.29. The molecule has 1 saturated heterocycles. The minimum absolute atomic E-state index is 0.159. The molecule has 1 fully saturated rings. The van der Waals surface area contributed by atoms with Gasteiger partial charge in [0.25, 0.3) is 0 Å². The molecule has 2 atom stereocenters. The summed E-state index contributed by atoms with van der Waals surface area (Å²) in [6, 6.07) is 6.41. The fourth-order valence-corrected chi connectivity index (χ4v) is 3.19. The van der Waals surface area contributed by atoms with Crippen LogP contribution in [-0.2, 0) is 14.3 Å². The van der Waals surface area contributed by atoms with Crippen LogP contribution in [0.1, 0.15) is 55.3 Å². The molecule has 0 unspecified atom stereocenters. The maximum Gasteiger partial charge on any atom is 0.340 e. The molecule has 1 aromatic carbocycles. The van der Waals surface area contributed by atoms with Gasteiger partial charge in [0.2, 0.25) is 18.0 Å². The highest BCUT2D eigenvalue weighted by Crippen LogP contribution is 2.38. The maximum atomic E-state index is 12.5. The van der Waals surface area contributed by atoms with Crippen LogP contribution in [0, 0.1) is 5.92 Å². The lowest BCUT2D eigenvalue weighted by atomic mass is 10.1. The van der Waals surface area contributed by atoms with Gasteiger partial charge < -0.3 is 10.1 Å². The van der Waals surface area contributed by atoms with Gasteiger partial charge in [-0.15, -0.1) is 0 Å². The second kappa shape index (κ2) is 6.63. The molecular formula is C18H22N2O4. The highest BCUT2D eigenvalue weighted by atomic mass is 16.6. The Hall–Kier alpha value is -2.37. The Bertz CT molecular complexity index is 671. The first-order valence-electron chi connectivity index (χ1n) is 8.38. The smallest absolute Gasteiger partial charge is 0.340 e. The number of cyclic esters (lactones) is 1. The number of ether oxygens (including phenoxy) is 1. The van der Waals surface area contributed by atoms with E-state index in [2.05, 4.69) is 19.2 Å². The van der Waals surface area contributed by atoms with Gasteiger partial charge in [-0.05, 0) is 24.8 Å². The molecule has 2 aliphatic heterocycles. The molecule has 2 amide bonds. The Morgan fingerprint density at radius 1 is 1.33 bits per heavy atom. The number of hydrogen-bond donors (Lipinski definition) is 1. The molecule has 128 valence electrons. The van der Waals surface area contributed by atoms with E-state index in [1.165, 1.54) is 4.90 Å². The normalized spacial score (nSPS) is 22.7. The van der Waals surface area contributed by atoms with Crippen molar-refractivity contribution in [2.75, 3.05) is 6.54 Å². The van der Waals surface area contributed by atoms with Gasteiger partial charge >= 0.3 is 5.97 Å². The zero-order chi connectivity index (χ0) is 17.3. The van der Waals surface area contributed by atoms with Crippen LogP contribution in [0.15, 0.2) is 24.3 Å². The third-order valence-electron chi connectivity index (χ3n) is 4.50. The summed E-state index contributed by atoms with van der Waals surface area (Å²) in [6.07, 6.45) is 0.818. The first-order chi connectivity index (χ1) is 11.5. The van der Waals surface area contributed by atoms with Crippen molar-refractivity contribution in [3.05, 3.63) is 35.4 Å². The summed E-state index contributed by atoms with van der Waals surface area (Å²) >= 11 is 0. The predicted molar refractivity (Wildman–Crippen MR) is 86.9 cm³/mol. The first-order valence-corrected chi connectivity index (χ1v) is 8.38. The Kier molecular flexibility index (Phi) is 4.55. The number of nitrogens with one attached hydrogen (secondary N) is 1. The van der Waals surface area contributed by atoms with E-state index in [0.717, 1.165) is 6.42 Å². The monoisotopic (exact) mass is 330 g/mol. The van der Waals surface area contributed by atoms with Crippen molar-refractivity contribution in [1.29, 1.82) is 0 Å². The van der Waals surface area contributed by atoms with E-state index < -0.39 is 18.2 Å². The van der Waals surface area contributed by atoms with Crippen molar-refractivity contribution in [1.82, 2.24) is 10.2 Å². The molecule has 6 heteroatoms. The molecule has 2 heterocycles. The molecule has 0 radical (unpaired) electrons. The average Bonchev–Trinajstić information content (AvgIpc) is 3.08. The van der Waals surface area contributed by atoms with Gasteiger partial charge in [0.15, 0.2) is 0 Å². The van der Waals surface area contributed by atoms with Crippen LogP contribution >= 0.6 is 0 Å². The second-order valence-corrected chi connectivity index (χ2v) is 6.67. The number of esters is 1. The number of likely N-dealkylation sites (tertiary alicyclic amines) is 1. The second-order valence-electron chi connectivity index (χ2n) is 6.67. The molecular weight excluding hydrogens is 308 g/mol. The molecule has 0 aromatic heterocycles. The average molecular weight is 330 g/mol. The van der Waals surface area contributed by atoms with Gasteiger partial charge in [0, 0.05) is 18.5 Å². The summed E-state index contributed by atoms with van der Waals surface area (Å²) in [6.45, 7) is 4.76. The summed E-state index contributed by atoms with van der Waals surface area (Å²) in [5.41, 5.74) is 1.11. The third-order valence-corrected chi connectivity index (χ3v) is 4.50. The number of carbonyl (C=O) groups is 3. The van der Waals surface area contributed by atoms with Crippen molar-refractivity contribution in [2.45, 2.75) is 45.4 Å². The van der Waals surface area contributed by atoms with Gasteiger partial charge in [-0.1, -0.05) is 32.0 Å². The Labute approximate surface area is 141 Å². The van der Waals surface area contributed by atoms with Crippen LogP contribution in [0.25, 0.3) is 0 Å². The number of nitrogens with zero attached hydrogens (tertiary/aromatic N) is 1. The van der Waals surface area contributed by atoms with E-state index in [-0.39, 0.29) is 11.8 Å². The predicted octanol–water partition coefficient (Wildman–Crippen LogP) is 2.01. The van der Waals surface area contributed by atoms with Gasteiger partial charge in [-0.2, -0.15) is 0 Å². The molecule has 1 N–H and O–H groups in total. The topological polar surface area (TPSA) is 75.7 Å². The van der Waals surface area contributed by atoms with Crippen LogP contribution in [0.3, 0.4) is 0 Å². The molecule has 0 bridgehead atoms. The molecule has 2 aliphatic rings. The molecule has 0 spiro atoms. The van der Waals surface area contributed by atoms with Crippen molar-refractivity contribution in [3.63, 3.8) is 0 Å². The zero-order valence-electron chi connectivity index (χ0n) is 14.0. The third kappa shape index (κ3) is 3.00. The van der Waals surface area contributed by atoms with E-state index >= 15 is 0 Å². The maximum absolute atomic E-state index is 12.5. The minimum atomic E-state index is -0.801. The SMILES string of the molecule is CC(C)CCNC(=O)[C@@H]1CCC(=O)N1[C@H]1OC(=O)c2ccccc21. The van der Waals surface area contributed by atoms with Gasteiger partial charge in [-0.25, -0.2) is 4.79 Å². The van der Waals surface area contributed by atoms with Crippen LogP contribution in [0.2, 0.25) is 0 Å². The van der Waals surface area contributed by atoms with Gasteiger partial charge in [0.05, 0.1) is 5.56 Å². The Morgan fingerprint density at radius 2 is 2.08 bits per heavy atom. The highest BCUT2D eigenvalue weighted by molar-refractivity contribution is 5.96. The van der Waals surface area contributed by atoms with E-state index in [1.54, 1.807) is 24.3 Å². The number of hydrogen-bond acceptors (Lipinski definition) is 4. The van der Waals surface area contributed by atoms with Crippen LogP contribution in [0.5, 0.6) is 0 Å². The van der Waals surface area contributed by atoms with Crippen LogP contribution < -0.4 is 5.32 Å². The van der Waals surface area contributed by atoms with E-state index in [4.69, 9.17) is 4.74 Å². The number of amides is 2. The van der Waals surface area contributed by atoms with Crippen molar-refractivity contribution in [2.24, 2.45) is 5.92 Å². The number of fused-ring (bicyclic) bond motifs is 1. The zero-order valence-corrected chi connectivity index (χ0v) is 14.0. The Balaban J connectivity index is 1.77. The highest BCUT2D eigenvalue weighted by Gasteiger charge is 2.46.